The van der Waals surface area contributed by atoms with Crippen LogP contribution in [0.15, 0.2) is 54.6 Å². The second kappa shape index (κ2) is 7.04. The number of hydrogen-bond acceptors (Lipinski definition) is 2. The standard InChI is InChI=1S/C18H22N2O/c1-14-9-7-8-12-16(14)18(21)19-13-17(20(2)3)15-10-5-4-6-11-15/h4-12,17H,13H2,1-3H3,(H,19,21). The summed E-state index contributed by atoms with van der Waals surface area (Å²) in [6.45, 7) is 2.54. The van der Waals surface area contributed by atoms with Crippen LogP contribution in [0.3, 0.4) is 0 Å². The largest absolute Gasteiger partial charge is 0.350 e. The van der Waals surface area contributed by atoms with E-state index in [9.17, 15) is 4.79 Å². The summed E-state index contributed by atoms with van der Waals surface area (Å²) in [5.74, 6) is -0.0177. The molecular formula is C18H22N2O. The van der Waals surface area contributed by atoms with E-state index in [1.165, 1.54) is 5.56 Å². The molecule has 3 nitrogen and oxygen atoms in total. The zero-order valence-corrected chi connectivity index (χ0v) is 12.8. The minimum atomic E-state index is -0.0177. The smallest absolute Gasteiger partial charge is 0.251 e. The average molecular weight is 282 g/mol. The number of benzene rings is 2. The molecule has 21 heavy (non-hydrogen) atoms. The Hall–Kier alpha value is -2.13. The molecule has 1 unspecified atom stereocenters. The highest BCUT2D eigenvalue weighted by atomic mass is 16.1. The predicted octanol–water partition coefficient (Wildman–Crippen LogP) is 3.03. The van der Waals surface area contributed by atoms with Crippen LogP contribution >= 0.6 is 0 Å². The molecule has 110 valence electrons. The van der Waals surface area contributed by atoms with Gasteiger partial charge in [0.2, 0.25) is 0 Å². The zero-order valence-electron chi connectivity index (χ0n) is 12.8. The Morgan fingerprint density at radius 2 is 1.67 bits per heavy atom. The van der Waals surface area contributed by atoms with Gasteiger partial charge in [0.1, 0.15) is 0 Å². The van der Waals surface area contributed by atoms with Gasteiger partial charge in [-0.25, -0.2) is 0 Å². The maximum atomic E-state index is 12.3. The summed E-state index contributed by atoms with van der Waals surface area (Å²) < 4.78 is 0. The summed E-state index contributed by atoms with van der Waals surface area (Å²) in [6, 6.07) is 18.0. The number of hydrogen-bond donors (Lipinski definition) is 1. The van der Waals surface area contributed by atoms with Gasteiger partial charge in [0.05, 0.1) is 6.04 Å². The molecule has 3 heteroatoms. The summed E-state index contributed by atoms with van der Waals surface area (Å²) in [4.78, 5) is 14.4. The van der Waals surface area contributed by atoms with Gasteiger partial charge in [-0.15, -0.1) is 0 Å². The lowest BCUT2D eigenvalue weighted by Gasteiger charge is -2.25. The number of likely N-dealkylation sites (N-methyl/N-ethyl adjacent to an activating group) is 1. The van der Waals surface area contributed by atoms with E-state index < -0.39 is 0 Å². The molecule has 2 aromatic carbocycles. The van der Waals surface area contributed by atoms with E-state index in [0.717, 1.165) is 11.1 Å². The van der Waals surface area contributed by atoms with E-state index in [0.29, 0.717) is 6.54 Å². The monoisotopic (exact) mass is 282 g/mol. The normalized spacial score (nSPS) is 12.2. The number of nitrogens with one attached hydrogen (secondary N) is 1. The van der Waals surface area contributed by atoms with Gasteiger partial charge in [-0.3, -0.25) is 4.79 Å². The van der Waals surface area contributed by atoms with Crippen LogP contribution in [0.2, 0.25) is 0 Å². The molecule has 0 aliphatic heterocycles. The number of carbonyl (C=O) groups is 1. The van der Waals surface area contributed by atoms with Gasteiger partial charge in [-0.2, -0.15) is 0 Å². The summed E-state index contributed by atoms with van der Waals surface area (Å²) in [5.41, 5.74) is 2.94. The first-order valence-corrected chi connectivity index (χ1v) is 7.15. The third kappa shape index (κ3) is 3.92. The Labute approximate surface area is 126 Å². The van der Waals surface area contributed by atoms with Gasteiger partial charge >= 0.3 is 0 Å². The molecule has 2 aromatic rings. The Morgan fingerprint density at radius 3 is 2.29 bits per heavy atom. The van der Waals surface area contributed by atoms with Crippen LogP contribution in [-0.4, -0.2) is 31.4 Å². The van der Waals surface area contributed by atoms with E-state index in [-0.39, 0.29) is 11.9 Å². The van der Waals surface area contributed by atoms with Crippen molar-refractivity contribution >= 4 is 5.91 Å². The van der Waals surface area contributed by atoms with Crippen LogP contribution in [0.5, 0.6) is 0 Å². The highest BCUT2D eigenvalue weighted by Gasteiger charge is 2.16. The van der Waals surface area contributed by atoms with E-state index in [2.05, 4.69) is 22.3 Å². The lowest BCUT2D eigenvalue weighted by atomic mass is 10.1. The first-order chi connectivity index (χ1) is 10.1. The average Bonchev–Trinajstić information content (AvgIpc) is 2.48. The van der Waals surface area contributed by atoms with Gasteiger partial charge in [0.25, 0.3) is 5.91 Å². The molecule has 0 aliphatic rings. The summed E-state index contributed by atoms with van der Waals surface area (Å²) >= 11 is 0. The van der Waals surface area contributed by atoms with Crippen LogP contribution in [0.25, 0.3) is 0 Å². The first-order valence-electron chi connectivity index (χ1n) is 7.15. The molecule has 0 saturated heterocycles. The quantitative estimate of drug-likeness (QED) is 0.914. The van der Waals surface area contributed by atoms with Crippen molar-refractivity contribution in [1.29, 1.82) is 0 Å². The van der Waals surface area contributed by atoms with Gasteiger partial charge in [0.15, 0.2) is 0 Å². The number of aryl methyl sites for hydroxylation is 1. The summed E-state index contributed by atoms with van der Waals surface area (Å²) in [6.07, 6.45) is 0. The fourth-order valence-electron chi connectivity index (χ4n) is 2.39. The van der Waals surface area contributed by atoms with E-state index in [4.69, 9.17) is 0 Å². The van der Waals surface area contributed by atoms with Crippen molar-refractivity contribution in [2.75, 3.05) is 20.6 Å². The molecule has 0 aliphatic carbocycles. The molecule has 0 radical (unpaired) electrons. The predicted molar refractivity (Wildman–Crippen MR) is 86.4 cm³/mol. The molecule has 1 atom stereocenters. The van der Waals surface area contributed by atoms with E-state index in [1.807, 2.05) is 63.5 Å². The molecule has 0 aromatic heterocycles. The second-order valence-corrected chi connectivity index (χ2v) is 5.42. The van der Waals surface area contributed by atoms with Crippen LogP contribution in [0, 0.1) is 6.92 Å². The van der Waals surface area contributed by atoms with Gasteiger partial charge < -0.3 is 10.2 Å². The fraction of sp³-hybridized carbons (Fsp3) is 0.278. The van der Waals surface area contributed by atoms with Crippen LogP contribution in [0.1, 0.15) is 27.5 Å². The van der Waals surface area contributed by atoms with Crippen molar-refractivity contribution in [2.24, 2.45) is 0 Å². The van der Waals surface area contributed by atoms with Gasteiger partial charge in [0, 0.05) is 12.1 Å². The minimum absolute atomic E-state index is 0.0177. The van der Waals surface area contributed by atoms with E-state index >= 15 is 0 Å². The number of rotatable bonds is 5. The molecule has 0 heterocycles. The topological polar surface area (TPSA) is 32.3 Å². The molecule has 0 fully saturated rings. The molecular weight excluding hydrogens is 260 g/mol. The Morgan fingerprint density at radius 1 is 1.05 bits per heavy atom. The van der Waals surface area contributed by atoms with Crippen molar-refractivity contribution in [3.8, 4) is 0 Å². The number of carbonyl (C=O) groups excluding carboxylic acids is 1. The lowest BCUT2D eigenvalue weighted by molar-refractivity contribution is 0.0941. The molecule has 1 amide bonds. The fourth-order valence-corrected chi connectivity index (χ4v) is 2.39. The van der Waals surface area contributed by atoms with Crippen LogP contribution in [-0.2, 0) is 0 Å². The Kier molecular flexibility index (Phi) is 5.12. The summed E-state index contributed by atoms with van der Waals surface area (Å²) in [7, 11) is 4.05. The maximum absolute atomic E-state index is 12.3. The lowest BCUT2D eigenvalue weighted by Crippen LogP contribution is -2.34. The zero-order chi connectivity index (χ0) is 15.2. The third-order valence-electron chi connectivity index (χ3n) is 3.65. The highest BCUT2D eigenvalue weighted by molar-refractivity contribution is 5.95. The number of amides is 1. The van der Waals surface area contributed by atoms with E-state index in [1.54, 1.807) is 0 Å². The third-order valence-corrected chi connectivity index (χ3v) is 3.65. The molecule has 2 rings (SSSR count). The van der Waals surface area contributed by atoms with Gasteiger partial charge in [-0.05, 0) is 38.2 Å². The second-order valence-electron chi connectivity index (χ2n) is 5.42. The summed E-state index contributed by atoms with van der Waals surface area (Å²) in [5, 5.41) is 3.04. The SMILES string of the molecule is Cc1ccccc1C(=O)NCC(c1ccccc1)N(C)C. The van der Waals surface area contributed by atoms with Crippen molar-refractivity contribution < 1.29 is 4.79 Å². The Bertz CT molecular complexity index is 593. The highest BCUT2D eigenvalue weighted by Crippen LogP contribution is 2.17. The van der Waals surface area contributed by atoms with Crippen LogP contribution in [0.4, 0.5) is 0 Å². The molecule has 1 N–H and O–H groups in total. The van der Waals surface area contributed by atoms with Crippen molar-refractivity contribution in [3.05, 3.63) is 71.3 Å². The minimum Gasteiger partial charge on any atom is -0.350 e. The van der Waals surface area contributed by atoms with Crippen molar-refractivity contribution in [2.45, 2.75) is 13.0 Å². The first kappa shape index (κ1) is 15.3. The van der Waals surface area contributed by atoms with Crippen molar-refractivity contribution in [3.63, 3.8) is 0 Å². The molecule has 0 spiro atoms. The Balaban J connectivity index is 2.06. The molecule has 0 saturated carbocycles. The van der Waals surface area contributed by atoms with Crippen molar-refractivity contribution in [1.82, 2.24) is 10.2 Å². The maximum Gasteiger partial charge on any atom is 0.251 e. The van der Waals surface area contributed by atoms with Gasteiger partial charge in [-0.1, -0.05) is 48.5 Å². The number of nitrogens with zero attached hydrogens (tertiary/aromatic N) is 1. The van der Waals surface area contributed by atoms with Crippen LogP contribution < -0.4 is 5.32 Å². The molecule has 0 bridgehead atoms.